The fourth-order valence-corrected chi connectivity index (χ4v) is 1.95. The average Bonchev–Trinajstić information content (AvgIpc) is 2.22. The van der Waals surface area contributed by atoms with Crippen molar-refractivity contribution in [2.45, 2.75) is 60.4 Å². The summed E-state index contributed by atoms with van der Waals surface area (Å²) in [5.74, 6) is 0.809. The van der Waals surface area contributed by atoms with Crippen molar-refractivity contribution in [3.8, 4) is 0 Å². The molecule has 0 aromatic carbocycles. The molecular weight excluding hydrogens is 196 g/mol. The normalized spacial score (nSPS) is 14.8. The van der Waals surface area contributed by atoms with Crippen molar-refractivity contribution in [1.29, 1.82) is 0 Å². The van der Waals surface area contributed by atoms with Gasteiger partial charge in [-0.05, 0) is 44.2 Å². The molecule has 2 N–H and O–H groups in total. The molecule has 0 heterocycles. The molecular formula is C14H32N2. The van der Waals surface area contributed by atoms with E-state index in [0.717, 1.165) is 25.6 Å². The second kappa shape index (κ2) is 7.29. The highest BCUT2D eigenvalue weighted by molar-refractivity contribution is 4.77. The van der Waals surface area contributed by atoms with Crippen LogP contribution in [0.5, 0.6) is 0 Å². The van der Waals surface area contributed by atoms with E-state index in [1.807, 2.05) is 0 Å². The Balaban J connectivity index is 4.16. The molecule has 0 bridgehead atoms. The van der Waals surface area contributed by atoms with Crippen LogP contribution in [-0.4, -0.2) is 30.6 Å². The molecule has 0 spiro atoms. The van der Waals surface area contributed by atoms with Crippen LogP contribution in [0.4, 0.5) is 0 Å². The van der Waals surface area contributed by atoms with Gasteiger partial charge in [-0.1, -0.05) is 34.6 Å². The lowest BCUT2D eigenvalue weighted by molar-refractivity contribution is 0.138. The summed E-state index contributed by atoms with van der Waals surface area (Å²) in [7, 11) is 0. The molecule has 0 aromatic rings. The monoisotopic (exact) mass is 228 g/mol. The highest BCUT2D eigenvalue weighted by Gasteiger charge is 2.22. The van der Waals surface area contributed by atoms with Gasteiger partial charge < -0.3 is 10.6 Å². The first-order valence-electron chi connectivity index (χ1n) is 6.76. The molecule has 0 aliphatic heterocycles. The maximum atomic E-state index is 5.80. The van der Waals surface area contributed by atoms with Gasteiger partial charge in [-0.25, -0.2) is 0 Å². The predicted molar refractivity (Wildman–Crippen MR) is 73.6 cm³/mol. The second-order valence-electron chi connectivity index (χ2n) is 6.25. The molecule has 0 rings (SSSR count). The van der Waals surface area contributed by atoms with Gasteiger partial charge in [0, 0.05) is 12.6 Å². The summed E-state index contributed by atoms with van der Waals surface area (Å²) >= 11 is 0. The first kappa shape index (κ1) is 15.9. The first-order valence-corrected chi connectivity index (χ1v) is 6.76. The molecule has 0 fully saturated rings. The maximum Gasteiger partial charge on any atom is 0.00671 e. The lowest BCUT2D eigenvalue weighted by Crippen LogP contribution is -2.43. The Morgan fingerprint density at radius 2 is 1.69 bits per heavy atom. The standard InChI is InChI=1S/C14H32N2/c1-7-16(11-14(5,6)10-15)13(4)9-8-12(2)3/h12-13H,7-11,15H2,1-6H3. The van der Waals surface area contributed by atoms with Crippen LogP contribution < -0.4 is 5.73 Å². The van der Waals surface area contributed by atoms with Gasteiger partial charge in [0.2, 0.25) is 0 Å². The van der Waals surface area contributed by atoms with Gasteiger partial charge in [-0.15, -0.1) is 0 Å². The molecule has 2 nitrogen and oxygen atoms in total. The van der Waals surface area contributed by atoms with Crippen molar-refractivity contribution in [2.75, 3.05) is 19.6 Å². The minimum Gasteiger partial charge on any atom is -0.330 e. The molecule has 0 aliphatic rings. The van der Waals surface area contributed by atoms with Gasteiger partial charge in [-0.2, -0.15) is 0 Å². The molecule has 0 aromatic heterocycles. The van der Waals surface area contributed by atoms with Crippen LogP contribution in [0.15, 0.2) is 0 Å². The third-order valence-corrected chi connectivity index (χ3v) is 3.38. The number of hydrogen-bond acceptors (Lipinski definition) is 2. The quantitative estimate of drug-likeness (QED) is 0.691. The van der Waals surface area contributed by atoms with Crippen molar-refractivity contribution < 1.29 is 0 Å². The second-order valence-corrected chi connectivity index (χ2v) is 6.25. The highest BCUT2D eigenvalue weighted by Crippen LogP contribution is 2.19. The SMILES string of the molecule is CCN(CC(C)(C)CN)C(C)CCC(C)C. The zero-order chi connectivity index (χ0) is 12.8. The summed E-state index contributed by atoms with van der Waals surface area (Å²) in [6.45, 7) is 16.7. The fourth-order valence-electron chi connectivity index (χ4n) is 1.95. The Hall–Kier alpha value is -0.0800. The highest BCUT2D eigenvalue weighted by atomic mass is 15.2. The largest absolute Gasteiger partial charge is 0.330 e. The Morgan fingerprint density at radius 3 is 2.06 bits per heavy atom. The summed E-state index contributed by atoms with van der Waals surface area (Å²) in [4.78, 5) is 2.56. The third kappa shape index (κ3) is 6.49. The van der Waals surface area contributed by atoms with Gasteiger partial charge >= 0.3 is 0 Å². The van der Waals surface area contributed by atoms with E-state index >= 15 is 0 Å². The van der Waals surface area contributed by atoms with Gasteiger partial charge in [-0.3, -0.25) is 0 Å². The predicted octanol–water partition coefficient (Wildman–Crippen LogP) is 3.12. The number of nitrogens with zero attached hydrogens (tertiary/aromatic N) is 1. The molecule has 0 aliphatic carbocycles. The summed E-state index contributed by atoms with van der Waals surface area (Å²) in [6, 6.07) is 0.679. The Kier molecular flexibility index (Phi) is 7.25. The van der Waals surface area contributed by atoms with Gasteiger partial charge in [0.15, 0.2) is 0 Å². The lowest BCUT2D eigenvalue weighted by Gasteiger charge is -2.35. The van der Waals surface area contributed by atoms with Crippen LogP contribution in [0.2, 0.25) is 0 Å². The van der Waals surface area contributed by atoms with Crippen molar-refractivity contribution in [3.63, 3.8) is 0 Å². The van der Waals surface area contributed by atoms with Gasteiger partial charge in [0.25, 0.3) is 0 Å². The zero-order valence-corrected chi connectivity index (χ0v) is 12.2. The molecule has 0 radical (unpaired) electrons. The summed E-state index contributed by atoms with van der Waals surface area (Å²) in [5, 5.41) is 0. The molecule has 0 saturated heterocycles. The van der Waals surface area contributed by atoms with Crippen LogP contribution in [0.3, 0.4) is 0 Å². The summed E-state index contributed by atoms with van der Waals surface area (Å²) in [6.07, 6.45) is 2.62. The van der Waals surface area contributed by atoms with Crippen LogP contribution in [-0.2, 0) is 0 Å². The molecule has 0 saturated carbocycles. The van der Waals surface area contributed by atoms with Crippen molar-refractivity contribution in [1.82, 2.24) is 4.90 Å². The van der Waals surface area contributed by atoms with E-state index in [4.69, 9.17) is 5.73 Å². The van der Waals surface area contributed by atoms with E-state index in [1.165, 1.54) is 12.8 Å². The summed E-state index contributed by atoms with van der Waals surface area (Å²) in [5.41, 5.74) is 6.04. The molecule has 0 amide bonds. The van der Waals surface area contributed by atoms with Gasteiger partial charge in [0.1, 0.15) is 0 Å². The molecule has 1 atom stereocenters. The van der Waals surface area contributed by atoms with Crippen molar-refractivity contribution >= 4 is 0 Å². The van der Waals surface area contributed by atoms with E-state index in [0.29, 0.717) is 6.04 Å². The van der Waals surface area contributed by atoms with E-state index in [9.17, 15) is 0 Å². The molecule has 16 heavy (non-hydrogen) atoms. The minimum absolute atomic E-state index is 0.238. The van der Waals surface area contributed by atoms with Crippen LogP contribution in [0.1, 0.15) is 54.4 Å². The molecule has 1 unspecified atom stereocenters. The zero-order valence-electron chi connectivity index (χ0n) is 12.2. The lowest BCUT2D eigenvalue weighted by atomic mass is 9.92. The van der Waals surface area contributed by atoms with Crippen LogP contribution in [0.25, 0.3) is 0 Å². The van der Waals surface area contributed by atoms with Crippen molar-refractivity contribution in [3.05, 3.63) is 0 Å². The third-order valence-electron chi connectivity index (χ3n) is 3.38. The number of rotatable bonds is 8. The first-order chi connectivity index (χ1) is 7.32. The van der Waals surface area contributed by atoms with E-state index in [-0.39, 0.29) is 5.41 Å². The smallest absolute Gasteiger partial charge is 0.00671 e. The average molecular weight is 228 g/mol. The summed E-state index contributed by atoms with van der Waals surface area (Å²) < 4.78 is 0. The van der Waals surface area contributed by atoms with Crippen LogP contribution in [0, 0.1) is 11.3 Å². The fraction of sp³-hybridized carbons (Fsp3) is 1.00. The Bertz CT molecular complexity index is 176. The van der Waals surface area contributed by atoms with Crippen molar-refractivity contribution in [2.24, 2.45) is 17.1 Å². The minimum atomic E-state index is 0.238. The van der Waals surface area contributed by atoms with E-state index in [2.05, 4.69) is 46.4 Å². The Morgan fingerprint density at radius 1 is 1.12 bits per heavy atom. The Labute approximate surface area is 103 Å². The van der Waals surface area contributed by atoms with E-state index < -0.39 is 0 Å². The van der Waals surface area contributed by atoms with Crippen LogP contribution >= 0.6 is 0 Å². The van der Waals surface area contributed by atoms with E-state index in [1.54, 1.807) is 0 Å². The van der Waals surface area contributed by atoms with Gasteiger partial charge in [0.05, 0.1) is 0 Å². The maximum absolute atomic E-state index is 5.80. The molecule has 98 valence electrons. The number of hydrogen-bond donors (Lipinski definition) is 1. The molecule has 2 heteroatoms. The number of nitrogens with two attached hydrogens (primary N) is 1. The topological polar surface area (TPSA) is 29.3 Å².